The molecule has 0 bridgehead atoms. The van der Waals surface area contributed by atoms with Crippen LogP contribution in [0.4, 0.5) is 0 Å². The lowest BCUT2D eigenvalue weighted by molar-refractivity contribution is -0.124. The molecule has 0 fully saturated rings. The van der Waals surface area contributed by atoms with E-state index in [9.17, 15) is 4.79 Å². The van der Waals surface area contributed by atoms with E-state index in [1.165, 1.54) is 0 Å². The molecule has 1 atom stereocenters. The third-order valence-corrected chi connectivity index (χ3v) is 3.54. The SMILES string of the molecule is CCCC(C)C(=O)NCCc1nc2cccnc2n1C. The van der Waals surface area contributed by atoms with Gasteiger partial charge >= 0.3 is 0 Å². The molecule has 2 aromatic heterocycles. The minimum Gasteiger partial charge on any atom is -0.355 e. The van der Waals surface area contributed by atoms with Crippen molar-refractivity contribution in [3.05, 3.63) is 24.2 Å². The molecule has 0 aromatic carbocycles. The number of nitrogens with zero attached hydrogens (tertiary/aromatic N) is 3. The number of hydrogen-bond donors (Lipinski definition) is 1. The first-order chi connectivity index (χ1) is 9.63. The molecule has 108 valence electrons. The fraction of sp³-hybridized carbons (Fsp3) is 0.533. The van der Waals surface area contributed by atoms with Crippen LogP contribution >= 0.6 is 0 Å². The lowest BCUT2D eigenvalue weighted by atomic mass is 10.1. The largest absolute Gasteiger partial charge is 0.355 e. The lowest BCUT2D eigenvalue weighted by Gasteiger charge is -2.10. The Morgan fingerprint density at radius 2 is 2.30 bits per heavy atom. The van der Waals surface area contributed by atoms with Gasteiger partial charge < -0.3 is 9.88 Å². The van der Waals surface area contributed by atoms with Gasteiger partial charge in [-0.15, -0.1) is 0 Å². The molecule has 0 saturated carbocycles. The minimum atomic E-state index is 0.0853. The Labute approximate surface area is 119 Å². The molecule has 20 heavy (non-hydrogen) atoms. The third kappa shape index (κ3) is 3.15. The summed E-state index contributed by atoms with van der Waals surface area (Å²) < 4.78 is 1.98. The van der Waals surface area contributed by atoms with Gasteiger partial charge in [0.05, 0.1) is 0 Å². The number of rotatable bonds is 6. The van der Waals surface area contributed by atoms with Gasteiger partial charge in [0.15, 0.2) is 5.65 Å². The summed E-state index contributed by atoms with van der Waals surface area (Å²) in [5, 5.41) is 2.97. The average molecular weight is 274 g/mol. The molecule has 2 aromatic rings. The summed E-state index contributed by atoms with van der Waals surface area (Å²) in [6.45, 7) is 4.68. The van der Waals surface area contributed by atoms with Gasteiger partial charge in [-0.3, -0.25) is 4.79 Å². The van der Waals surface area contributed by atoms with Gasteiger partial charge in [-0.1, -0.05) is 20.3 Å². The van der Waals surface area contributed by atoms with E-state index in [0.29, 0.717) is 6.54 Å². The Hall–Kier alpha value is -1.91. The van der Waals surface area contributed by atoms with Gasteiger partial charge in [-0.25, -0.2) is 9.97 Å². The number of fused-ring (bicyclic) bond motifs is 1. The Morgan fingerprint density at radius 1 is 1.50 bits per heavy atom. The summed E-state index contributed by atoms with van der Waals surface area (Å²) in [6, 6.07) is 3.83. The van der Waals surface area contributed by atoms with Crippen molar-refractivity contribution < 1.29 is 4.79 Å². The molecule has 2 heterocycles. The van der Waals surface area contributed by atoms with Crippen molar-refractivity contribution >= 4 is 17.1 Å². The van der Waals surface area contributed by atoms with Crippen LogP contribution in [0, 0.1) is 5.92 Å². The molecule has 1 unspecified atom stereocenters. The van der Waals surface area contributed by atoms with Crippen molar-refractivity contribution in [3.8, 4) is 0 Å². The molecule has 5 heteroatoms. The number of imidazole rings is 1. The van der Waals surface area contributed by atoms with E-state index < -0.39 is 0 Å². The smallest absolute Gasteiger partial charge is 0.222 e. The van der Waals surface area contributed by atoms with Crippen molar-refractivity contribution in [1.82, 2.24) is 19.9 Å². The maximum absolute atomic E-state index is 11.8. The zero-order valence-electron chi connectivity index (χ0n) is 12.4. The zero-order valence-corrected chi connectivity index (χ0v) is 12.4. The van der Waals surface area contributed by atoms with E-state index in [4.69, 9.17) is 0 Å². The Bertz CT molecular complexity index is 591. The molecule has 1 amide bonds. The van der Waals surface area contributed by atoms with Crippen molar-refractivity contribution in [2.24, 2.45) is 13.0 Å². The number of nitrogens with one attached hydrogen (secondary N) is 1. The van der Waals surface area contributed by atoms with Crippen molar-refractivity contribution in [1.29, 1.82) is 0 Å². The van der Waals surface area contributed by atoms with Crippen LogP contribution in [-0.4, -0.2) is 27.0 Å². The van der Waals surface area contributed by atoms with Gasteiger partial charge in [0, 0.05) is 32.1 Å². The summed E-state index contributed by atoms with van der Waals surface area (Å²) in [7, 11) is 1.96. The highest BCUT2D eigenvalue weighted by Crippen LogP contribution is 2.11. The number of carbonyl (C=O) groups is 1. The van der Waals surface area contributed by atoms with Crippen LogP contribution in [0.25, 0.3) is 11.2 Å². The van der Waals surface area contributed by atoms with Crippen LogP contribution < -0.4 is 5.32 Å². The summed E-state index contributed by atoms with van der Waals surface area (Å²) in [5.74, 6) is 1.16. The average Bonchev–Trinajstić information content (AvgIpc) is 2.76. The van der Waals surface area contributed by atoms with Crippen molar-refractivity contribution in [2.45, 2.75) is 33.1 Å². The van der Waals surface area contributed by atoms with E-state index in [2.05, 4.69) is 22.2 Å². The minimum absolute atomic E-state index is 0.0853. The fourth-order valence-corrected chi connectivity index (χ4v) is 2.33. The number of aryl methyl sites for hydroxylation is 1. The van der Waals surface area contributed by atoms with Crippen LogP contribution in [0.1, 0.15) is 32.5 Å². The first-order valence-electron chi connectivity index (χ1n) is 7.17. The van der Waals surface area contributed by atoms with Gasteiger partial charge in [-0.05, 0) is 18.6 Å². The lowest BCUT2D eigenvalue weighted by Crippen LogP contribution is -2.31. The second kappa shape index (κ2) is 6.50. The van der Waals surface area contributed by atoms with Gasteiger partial charge in [-0.2, -0.15) is 0 Å². The Morgan fingerprint density at radius 3 is 3.00 bits per heavy atom. The van der Waals surface area contributed by atoms with E-state index >= 15 is 0 Å². The number of aromatic nitrogens is 3. The molecule has 0 aliphatic carbocycles. The highest BCUT2D eigenvalue weighted by molar-refractivity contribution is 5.78. The van der Waals surface area contributed by atoms with E-state index in [1.54, 1.807) is 6.20 Å². The first-order valence-corrected chi connectivity index (χ1v) is 7.17. The number of hydrogen-bond acceptors (Lipinski definition) is 3. The van der Waals surface area contributed by atoms with Gasteiger partial charge in [0.1, 0.15) is 11.3 Å². The molecule has 0 aliphatic rings. The van der Waals surface area contributed by atoms with Crippen LogP contribution in [0.3, 0.4) is 0 Å². The predicted molar refractivity (Wildman–Crippen MR) is 79.3 cm³/mol. The quantitative estimate of drug-likeness (QED) is 0.877. The normalized spacial score (nSPS) is 12.6. The first kappa shape index (κ1) is 14.5. The van der Waals surface area contributed by atoms with E-state index in [0.717, 1.165) is 36.3 Å². The molecular weight excluding hydrogens is 252 g/mol. The molecule has 0 saturated heterocycles. The second-order valence-electron chi connectivity index (χ2n) is 5.16. The van der Waals surface area contributed by atoms with E-state index in [1.807, 2.05) is 30.7 Å². The fourth-order valence-electron chi connectivity index (χ4n) is 2.33. The van der Waals surface area contributed by atoms with Crippen molar-refractivity contribution in [3.63, 3.8) is 0 Å². The monoisotopic (exact) mass is 274 g/mol. The molecule has 0 aliphatic heterocycles. The molecule has 5 nitrogen and oxygen atoms in total. The highest BCUT2D eigenvalue weighted by Gasteiger charge is 2.12. The summed E-state index contributed by atoms with van der Waals surface area (Å²) >= 11 is 0. The summed E-state index contributed by atoms with van der Waals surface area (Å²) in [4.78, 5) is 20.7. The van der Waals surface area contributed by atoms with Crippen LogP contribution in [0.5, 0.6) is 0 Å². The van der Waals surface area contributed by atoms with Crippen LogP contribution in [0.2, 0.25) is 0 Å². The third-order valence-electron chi connectivity index (χ3n) is 3.54. The maximum Gasteiger partial charge on any atom is 0.222 e. The molecular formula is C15H22N4O. The Balaban J connectivity index is 1.93. The topological polar surface area (TPSA) is 59.8 Å². The van der Waals surface area contributed by atoms with Gasteiger partial charge in [0.25, 0.3) is 0 Å². The molecule has 2 rings (SSSR count). The number of amides is 1. The highest BCUT2D eigenvalue weighted by atomic mass is 16.1. The Kier molecular flexibility index (Phi) is 4.71. The van der Waals surface area contributed by atoms with Crippen molar-refractivity contribution in [2.75, 3.05) is 6.54 Å². The zero-order chi connectivity index (χ0) is 14.5. The molecule has 0 radical (unpaired) electrons. The predicted octanol–water partition coefficient (Wildman–Crippen LogP) is 2.06. The van der Waals surface area contributed by atoms with Gasteiger partial charge in [0.2, 0.25) is 5.91 Å². The van der Waals surface area contributed by atoms with E-state index in [-0.39, 0.29) is 11.8 Å². The standard InChI is InChI=1S/C15H22N4O/c1-4-6-11(2)15(20)17-10-8-13-18-12-7-5-9-16-14(12)19(13)3/h5,7,9,11H,4,6,8,10H2,1-3H3,(H,17,20). The number of carbonyl (C=O) groups excluding carboxylic acids is 1. The molecule has 1 N–H and O–H groups in total. The van der Waals surface area contributed by atoms with Crippen LogP contribution in [-0.2, 0) is 18.3 Å². The number of pyridine rings is 1. The summed E-state index contributed by atoms with van der Waals surface area (Å²) in [6.07, 6.45) is 4.45. The maximum atomic E-state index is 11.8. The summed E-state index contributed by atoms with van der Waals surface area (Å²) in [5.41, 5.74) is 1.78. The second-order valence-corrected chi connectivity index (χ2v) is 5.16. The molecule has 0 spiro atoms. The van der Waals surface area contributed by atoms with Crippen LogP contribution in [0.15, 0.2) is 18.3 Å².